The summed E-state index contributed by atoms with van der Waals surface area (Å²) in [5, 5.41) is 8.37. The number of rotatable bonds is 2. The third-order valence-electron chi connectivity index (χ3n) is 0.650. The predicted molar refractivity (Wildman–Crippen MR) is 34.8 cm³/mol. The van der Waals surface area contributed by atoms with Crippen molar-refractivity contribution < 1.29 is 17.7 Å². The van der Waals surface area contributed by atoms with Crippen molar-refractivity contribution in [1.29, 1.82) is 0 Å². The van der Waals surface area contributed by atoms with Crippen molar-refractivity contribution in [3.8, 4) is 0 Å². The Hall–Kier alpha value is 0.870. The molecule has 1 unspecified atom stereocenters. The molecule has 0 rings (SSSR count). The van der Waals surface area contributed by atoms with Gasteiger partial charge in [-0.2, -0.15) is 8.42 Å². The molecule has 0 aliphatic heterocycles. The van der Waals surface area contributed by atoms with Gasteiger partial charge in [-0.15, -0.1) is 0 Å². The molecule has 52 valence electrons. The van der Waals surface area contributed by atoms with E-state index < -0.39 is 15.6 Å². The number of hydrogen-bond donors (Lipinski definition) is 1. The Balaban J connectivity index is 0. The van der Waals surface area contributed by atoms with Crippen LogP contribution in [0.5, 0.6) is 0 Å². The normalized spacial score (nSPS) is 14.1. The second kappa shape index (κ2) is 4.65. The standard InChI is InChI=1S/C3H8O4S.Na.H/c1-3(4)8(5,6)7-2;;/h3-4H,1-2H3;;. The van der Waals surface area contributed by atoms with Crippen LogP contribution < -0.4 is 0 Å². The molecule has 0 saturated carbocycles. The van der Waals surface area contributed by atoms with E-state index in [1.165, 1.54) is 0 Å². The molecule has 1 atom stereocenters. The Morgan fingerprint density at radius 3 is 1.89 bits per heavy atom. The van der Waals surface area contributed by atoms with Crippen molar-refractivity contribution in [2.45, 2.75) is 12.4 Å². The third-order valence-corrected chi connectivity index (χ3v) is 1.95. The summed E-state index contributed by atoms with van der Waals surface area (Å²) in [4.78, 5) is 0. The number of aliphatic hydroxyl groups is 1. The summed E-state index contributed by atoms with van der Waals surface area (Å²) in [5.41, 5.74) is -1.44. The van der Waals surface area contributed by atoms with E-state index in [1.807, 2.05) is 0 Å². The third kappa shape index (κ3) is 4.30. The van der Waals surface area contributed by atoms with Crippen LogP contribution in [-0.4, -0.2) is 55.6 Å². The Bertz CT molecular complexity index is 149. The Morgan fingerprint density at radius 1 is 1.56 bits per heavy atom. The minimum atomic E-state index is -3.68. The molecular weight excluding hydrogens is 155 g/mol. The van der Waals surface area contributed by atoms with Crippen LogP contribution in [0, 0.1) is 0 Å². The summed E-state index contributed by atoms with van der Waals surface area (Å²) in [5.74, 6) is 0. The SMILES string of the molecule is COS(=O)(=O)C(C)O.[NaH]. The van der Waals surface area contributed by atoms with E-state index in [-0.39, 0.29) is 29.6 Å². The van der Waals surface area contributed by atoms with Gasteiger partial charge in [-0.05, 0) is 6.92 Å². The molecule has 0 heterocycles. The zero-order chi connectivity index (χ0) is 6.78. The number of hydrogen-bond acceptors (Lipinski definition) is 4. The molecule has 0 bridgehead atoms. The first-order valence-electron chi connectivity index (χ1n) is 1.98. The maximum atomic E-state index is 10.2. The van der Waals surface area contributed by atoms with E-state index in [9.17, 15) is 8.42 Å². The fourth-order valence-corrected chi connectivity index (χ4v) is 0.418. The molecule has 4 nitrogen and oxygen atoms in total. The van der Waals surface area contributed by atoms with Crippen LogP contribution in [0.2, 0.25) is 0 Å². The molecule has 0 aromatic rings. The molecule has 6 heteroatoms. The second-order valence-electron chi connectivity index (χ2n) is 1.26. The molecule has 0 aliphatic rings. The summed E-state index contributed by atoms with van der Waals surface area (Å²) >= 11 is 0. The van der Waals surface area contributed by atoms with Crippen LogP contribution in [0.25, 0.3) is 0 Å². The number of aliphatic hydroxyl groups excluding tert-OH is 1. The molecule has 0 aromatic carbocycles. The van der Waals surface area contributed by atoms with E-state index in [1.54, 1.807) is 0 Å². The molecule has 0 fully saturated rings. The van der Waals surface area contributed by atoms with E-state index >= 15 is 0 Å². The molecule has 0 spiro atoms. The quantitative estimate of drug-likeness (QED) is 0.405. The summed E-state index contributed by atoms with van der Waals surface area (Å²) in [7, 11) is -2.68. The van der Waals surface area contributed by atoms with Crippen LogP contribution in [-0.2, 0) is 14.3 Å². The molecule has 0 aliphatic carbocycles. The van der Waals surface area contributed by atoms with Gasteiger partial charge < -0.3 is 5.11 Å². The topological polar surface area (TPSA) is 63.6 Å². The first-order valence-corrected chi connectivity index (χ1v) is 3.45. The Morgan fingerprint density at radius 2 is 1.89 bits per heavy atom. The summed E-state index contributed by atoms with van der Waals surface area (Å²) in [6.07, 6.45) is 0. The van der Waals surface area contributed by atoms with Crippen LogP contribution in [0.3, 0.4) is 0 Å². The molecule has 0 radical (unpaired) electrons. The van der Waals surface area contributed by atoms with Crippen molar-refractivity contribution >= 4 is 39.7 Å². The van der Waals surface area contributed by atoms with Gasteiger partial charge in [-0.25, -0.2) is 0 Å². The van der Waals surface area contributed by atoms with Crippen LogP contribution >= 0.6 is 0 Å². The first-order chi connectivity index (χ1) is 3.50. The predicted octanol–water partition coefficient (Wildman–Crippen LogP) is -1.35. The molecule has 0 amide bonds. The molecule has 1 N–H and O–H groups in total. The van der Waals surface area contributed by atoms with Crippen molar-refractivity contribution in [2.24, 2.45) is 0 Å². The van der Waals surface area contributed by atoms with Crippen LogP contribution in [0.1, 0.15) is 6.92 Å². The van der Waals surface area contributed by atoms with Gasteiger partial charge in [0, 0.05) is 0 Å². The maximum absolute atomic E-state index is 10.2. The fraction of sp³-hybridized carbons (Fsp3) is 1.00. The Kier molecular flexibility index (Phi) is 6.48. The van der Waals surface area contributed by atoms with E-state index in [2.05, 4.69) is 4.18 Å². The Labute approximate surface area is 76.6 Å². The van der Waals surface area contributed by atoms with Gasteiger partial charge in [-0.3, -0.25) is 4.18 Å². The summed E-state index contributed by atoms with van der Waals surface area (Å²) < 4.78 is 24.4. The van der Waals surface area contributed by atoms with E-state index in [0.29, 0.717) is 0 Å². The monoisotopic (exact) mass is 164 g/mol. The second-order valence-corrected chi connectivity index (χ2v) is 3.26. The van der Waals surface area contributed by atoms with Gasteiger partial charge in [0.2, 0.25) is 0 Å². The van der Waals surface area contributed by atoms with Gasteiger partial charge in [0.15, 0.2) is 5.44 Å². The van der Waals surface area contributed by atoms with Gasteiger partial charge in [0.05, 0.1) is 7.11 Å². The van der Waals surface area contributed by atoms with Crippen LogP contribution in [0.4, 0.5) is 0 Å². The van der Waals surface area contributed by atoms with Crippen molar-refractivity contribution in [2.75, 3.05) is 7.11 Å². The first kappa shape index (κ1) is 12.5. The average Bonchev–Trinajstić information content (AvgIpc) is 1.67. The zero-order valence-electron chi connectivity index (χ0n) is 4.66. The average molecular weight is 164 g/mol. The van der Waals surface area contributed by atoms with Crippen LogP contribution in [0.15, 0.2) is 0 Å². The van der Waals surface area contributed by atoms with Crippen molar-refractivity contribution in [3.63, 3.8) is 0 Å². The molecular formula is C3H9NaO4S. The van der Waals surface area contributed by atoms with Crippen molar-refractivity contribution in [3.05, 3.63) is 0 Å². The molecule has 0 aromatic heterocycles. The summed E-state index contributed by atoms with van der Waals surface area (Å²) in [6, 6.07) is 0. The van der Waals surface area contributed by atoms with E-state index in [4.69, 9.17) is 5.11 Å². The van der Waals surface area contributed by atoms with Gasteiger partial charge in [-0.1, -0.05) is 0 Å². The van der Waals surface area contributed by atoms with Gasteiger partial charge in [0.25, 0.3) is 10.1 Å². The fourth-order valence-electron chi connectivity index (χ4n) is 0.139. The molecule has 9 heavy (non-hydrogen) atoms. The minimum absolute atomic E-state index is 0. The van der Waals surface area contributed by atoms with Crippen molar-refractivity contribution in [1.82, 2.24) is 0 Å². The van der Waals surface area contributed by atoms with Gasteiger partial charge in [0.1, 0.15) is 0 Å². The van der Waals surface area contributed by atoms with E-state index in [0.717, 1.165) is 14.0 Å². The van der Waals surface area contributed by atoms with Gasteiger partial charge >= 0.3 is 29.6 Å². The summed E-state index contributed by atoms with van der Waals surface area (Å²) in [6.45, 7) is 1.12. The molecule has 0 saturated heterocycles. The zero-order valence-corrected chi connectivity index (χ0v) is 5.47.